The van der Waals surface area contributed by atoms with Crippen LogP contribution in [0.1, 0.15) is 120 Å². The Bertz CT molecular complexity index is 6830. The molecule has 20 N–H and O–H groups in total. The molecule has 0 bridgehead atoms. The van der Waals surface area contributed by atoms with Crippen LogP contribution in [0.15, 0.2) is 144 Å². The monoisotopic (exact) mass is 2090 g/mol. The van der Waals surface area contributed by atoms with Crippen molar-refractivity contribution in [2.45, 2.75) is 197 Å². The lowest BCUT2D eigenvalue weighted by atomic mass is 10.2. The third-order valence-electron chi connectivity index (χ3n) is 25.6. The Morgan fingerprint density at radius 2 is 0.724 bits per heavy atom. The first-order valence-corrected chi connectivity index (χ1v) is 51.4. The first kappa shape index (κ1) is 108. The Morgan fingerprint density at radius 3 is 1.06 bits per heavy atom. The summed E-state index contributed by atoms with van der Waals surface area (Å²) in [5.41, 5.74) is 27.0. The van der Waals surface area contributed by atoms with Gasteiger partial charge < -0.3 is 97.5 Å². The molecule has 788 valence electrons. The van der Waals surface area contributed by atoms with Gasteiger partial charge in [-0.3, -0.25) is 93.7 Å². The number of fused-ring (bicyclic) bond motifs is 3. The minimum atomic E-state index is -4.37. The van der Waals surface area contributed by atoms with Crippen LogP contribution in [0.25, 0.3) is 33.5 Å². The summed E-state index contributed by atoms with van der Waals surface area (Å²) in [5.74, 6) is -0.229. The summed E-state index contributed by atoms with van der Waals surface area (Å²) in [6.45, 7) is 12.2. The molecule has 6 aliphatic rings. The molecule has 0 saturated carbocycles. The highest BCUT2D eigenvalue weighted by atomic mass is 31.2. The van der Waals surface area contributed by atoms with Crippen molar-refractivity contribution >= 4 is 86.2 Å². The van der Waals surface area contributed by atoms with Crippen LogP contribution in [0, 0.1) is 6.92 Å². The lowest BCUT2D eigenvalue weighted by Gasteiger charge is -2.33. The van der Waals surface area contributed by atoms with Gasteiger partial charge in [0.15, 0.2) is 33.5 Å². The number of likely N-dealkylation sites (N-methyl/N-ethyl adjacent to an activating group) is 4. The third kappa shape index (κ3) is 25.1. The molecule has 0 spiro atoms. The lowest BCUT2D eigenvalue weighted by molar-refractivity contribution is -0.0552. The molecule has 0 aliphatic carbocycles. The van der Waals surface area contributed by atoms with Gasteiger partial charge in [-0.2, -0.15) is 29.6 Å². The van der Waals surface area contributed by atoms with E-state index in [9.17, 15) is 73.3 Å². The number of imidazole rings is 3. The standard InChI is InChI=1S/C33H38N9O9P.C27H42N9O10P.C26H41N10O9P/c34-26-11-12-41(33(46)37-26)28-14-23(24(17-43)49-28)51-52(47,40(15-20-7-3-1-4-8-20)16-21-9-5-2-6-10-21)48-18-25-22(44)13-27(50-25)42-19-36-29-30(42)38-32(35)39-31(29)45;1-5-34(6-2)8-7-33(4)47(42,43-13-19-16(38)9-20(45-19)35-11-15(3)24(39)32-27(35)41)46-17-10-21(44-18(17)12-37)36-14-29-22-23(36)30-26(28)31-25(22)40;1-4-34(5-2)9-8-33(3)46(41,45-16-11-21(43-17(16)12-37)35-7-6-19(27)30-26(35)40)42-13-18-15(38)10-20(44-18)36-14-29-22-23(36)31-25(28)32-24(22)39/h1-12,19,22-25,27-28,43-44H,13-18H2,(H2,34,37,46)(H3,35,38,39,45);11,14,16-21,37-38H,5-10,12-13H2,1-4H3,(H,32,39,41)(H3,28,30,31,40);6-7,14-18,20-21,37-38H,4-5,8-13H2,1-3H3,(H2,27,30,40)(H3,28,31,32,39)/t22-,23-,24-,25-,27-,28-,52?;16-,17-,18-,19-,20-,21-,47?;15-,16-,17-,18-,20-,21-,46?/m111/s1. The van der Waals surface area contributed by atoms with Crippen LogP contribution in [0.5, 0.6) is 0 Å². The van der Waals surface area contributed by atoms with Crippen molar-refractivity contribution in [2.24, 2.45) is 0 Å². The highest BCUT2D eigenvalue weighted by molar-refractivity contribution is 7.51. The van der Waals surface area contributed by atoms with Gasteiger partial charge >= 0.3 is 40.3 Å². The zero-order valence-electron chi connectivity index (χ0n) is 80.2. The normalized spacial score (nSPS) is 25.6. The van der Waals surface area contributed by atoms with E-state index in [0.29, 0.717) is 31.7 Å². The van der Waals surface area contributed by atoms with E-state index in [0.717, 1.165) is 37.3 Å². The largest absolute Gasteiger partial charge is 0.409 e. The third-order valence-corrected chi connectivity index (χ3v) is 31.7. The van der Waals surface area contributed by atoms with Gasteiger partial charge in [0, 0.05) is 102 Å². The number of nitrogens with one attached hydrogen (secondary N) is 4. The highest BCUT2D eigenvalue weighted by Gasteiger charge is 2.51. The molecule has 15 heterocycles. The molecule has 59 heteroatoms. The molecule has 17 rings (SSSR count). The summed E-state index contributed by atoms with van der Waals surface area (Å²) < 4.78 is 130. The molecule has 3 unspecified atom stereocenters. The summed E-state index contributed by atoms with van der Waals surface area (Å²) in [6, 6.07) is 21.6. The van der Waals surface area contributed by atoms with E-state index in [2.05, 4.69) is 69.6 Å². The first-order valence-electron chi connectivity index (χ1n) is 46.9. The first-order chi connectivity index (χ1) is 69.4. The van der Waals surface area contributed by atoms with Crippen LogP contribution in [0.4, 0.5) is 29.5 Å². The fraction of sp³-hybridized carbons (Fsp3) is 0.547. The Balaban J connectivity index is 0.000000164. The van der Waals surface area contributed by atoms with Crippen molar-refractivity contribution in [3.63, 3.8) is 0 Å². The summed E-state index contributed by atoms with van der Waals surface area (Å²) in [4.78, 5) is 132. The van der Waals surface area contributed by atoms with Gasteiger partial charge in [0.05, 0.1) is 76.9 Å². The van der Waals surface area contributed by atoms with Gasteiger partial charge in [-0.05, 0) is 70.5 Å². The molecule has 6 saturated heterocycles. The Labute approximate surface area is 825 Å². The number of benzene rings is 2. The number of hydrogen-bond acceptors (Lipinski definition) is 43. The minimum absolute atomic E-state index is 0.0161. The average molecular weight is 2090 g/mol. The number of aryl methyl sites for hydroxylation is 1. The van der Waals surface area contributed by atoms with E-state index >= 15 is 4.57 Å². The quantitative estimate of drug-likeness (QED) is 0.0228. The minimum Gasteiger partial charge on any atom is -0.394 e. The van der Waals surface area contributed by atoms with Gasteiger partial charge in [-0.25, -0.2) is 52.4 Å². The number of anilines is 5. The maximum atomic E-state index is 15.4. The Hall–Kier alpha value is -11.3. The zero-order chi connectivity index (χ0) is 104. The van der Waals surface area contributed by atoms with Gasteiger partial charge in [0.25, 0.3) is 22.2 Å². The van der Waals surface area contributed by atoms with Gasteiger partial charge in [-0.1, -0.05) is 88.4 Å². The summed E-state index contributed by atoms with van der Waals surface area (Å²) in [5, 5.41) is 63.4. The predicted octanol–water partition coefficient (Wildman–Crippen LogP) is 0.206. The number of ether oxygens (including phenoxy) is 6. The fourth-order valence-corrected chi connectivity index (χ4v) is 22.7. The van der Waals surface area contributed by atoms with Crippen LogP contribution in [0.2, 0.25) is 0 Å². The number of rotatable bonds is 41. The molecule has 56 nitrogen and oxygen atoms in total. The molecule has 145 heavy (non-hydrogen) atoms. The van der Waals surface area contributed by atoms with E-state index in [4.69, 9.17) is 84.2 Å². The second kappa shape index (κ2) is 47.3. The number of aliphatic hydroxyl groups is 6. The average Bonchev–Trinajstić information content (AvgIpc) is 1.76. The van der Waals surface area contributed by atoms with Crippen molar-refractivity contribution < 1.29 is 99.9 Å². The number of aromatic amines is 4. The van der Waals surface area contributed by atoms with Crippen LogP contribution in [-0.4, -0.2) is 321 Å². The number of aromatic nitrogens is 18. The second-order valence-electron chi connectivity index (χ2n) is 35.2. The maximum absolute atomic E-state index is 15.4. The van der Waals surface area contributed by atoms with Crippen LogP contribution in [-0.2, 0) is 82.3 Å². The summed E-state index contributed by atoms with van der Waals surface area (Å²) in [7, 11) is -9.47. The molecule has 21 atom stereocenters. The van der Waals surface area contributed by atoms with Crippen molar-refractivity contribution in [1.29, 1.82) is 0 Å². The highest BCUT2D eigenvalue weighted by Crippen LogP contribution is 2.59. The van der Waals surface area contributed by atoms with E-state index < -0.39 is 193 Å². The summed E-state index contributed by atoms with van der Waals surface area (Å²) in [6.07, 6.45) is -8.22. The van der Waals surface area contributed by atoms with Crippen molar-refractivity contribution in [2.75, 3.05) is 135 Å². The molecular formula is C86H121N28O28P3. The molecule has 6 fully saturated rings. The van der Waals surface area contributed by atoms with Crippen LogP contribution < -0.4 is 68.0 Å². The maximum Gasteiger partial charge on any atom is 0.409 e. The van der Waals surface area contributed by atoms with Crippen molar-refractivity contribution in [1.82, 2.24) is 111 Å². The Kier molecular flexibility index (Phi) is 35.2. The van der Waals surface area contributed by atoms with E-state index in [-0.39, 0.29) is 134 Å². The fourth-order valence-electron chi connectivity index (χ4n) is 17.4. The molecule has 9 aromatic heterocycles. The van der Waals surface area contributed by atoms with Crippen LogP contribution in [0.3, 0.4) is 0 Å². The molecule has 0 radical (unpaired) electrons. The lowest BCUT2D eigenvalue weighted by Crippen LogP contribution is -2.36. The van der Waals surface area contributed by atoms with E-state index in [1.54, 1.807) is 25.7 Å². The number of nitrogen functional groups attached to an aromatic ring is 5. The van der Waals surface area contributed by atoms with E-state index in [1.165, 1.54) is 86.4 Å². The number of H-pyrrole nitrogens is 4. The molecule has 6 aliphatic heterocycles. The molecule has 0 amide bonds. The topological polar surface area (TPSA) is 745 Å². The zero-order valence-corrected chi connectivity index (χ0v) is 82.9. The molecule has 2 aromatic carbocycles. The van der Waals surface area contributed by atoms with Gasteiger partial charge in [-0.15, -0.1) is 0 Å². The molecule has 11 aromatic rings. The number of nitrogens with zero attached hydrogens (tertiary/aromatic N) is 19. The molecular weight excluding hydrogens is 1970 g/mol. The SMILES string of the molecule is CCN(CC)CCN(C)P(=O)(OC[C@H]1O[C@@H](n2cc(C)c(=O)[nH]c2=O)C[C@H]1O)O[C@@H]1C[C@H](n2cnc3c(=O)[nH]c(N)nc32)O[C@@H]1CO.CCN(CC)CCN(C)P(=O)(OC[C@H]1O[C@@H](n2cnc3c(=O)[nH]c(N)nc32)C[C@H]1O)O[C@@H]1C[C@H](n2ccc(N)nc2=O)O[C@@H]1CO.Nc1ccn([C@H]2C[C@@H](OP(=O)(OC[C@H]3O[C@@H](n4cnc5c(=O)[nH]c(N)nc54)C[C@H]3O)N(Cc3ccccc3)Cc3ccccc3)[C@@H](CO)O2)c(=O)n1. The van der Waals surface area contributed by atoms with Crippen LogP contribution >= 0.6 is 23.2 Å². The smallest absolute Gasteiger partial charge is 0.394 e. The van der Waals surface area contributed by atoms with Crippen molar-refractivity contribution in [3.8, 4) is 0 Å². The number of hydrogen-bond donors (Lipinski definition) is 15. The second-order valence-corrected chi connectivity index (χ2v) is 41.3. The number of nitrogens with two attached hydrogens (primary N) is 5. The van der Waals surface area contributed by atoms with E-state index in [1.807, 2.05) is 88.4 Å². The van der Waals surface area contributed by atoms with Crippen molar-refractivity contribution in [3.05, 3.63) is 200 Å². The summed E-state index contributed by atoms with van der Waals surface area (Å²) >= 11 is 0. The van der Waals surface area contributed by atoms with Gasteiger partial charge in [0.2, 0.25) is 17.8 Å². The number of aliphatic hydroxyl groups excluding tert-OH is 6. The predicted molar refractivity (Wildman–Crippen MR) is 518 cm³/mol. The van der Waals surface area contributed by atoms with Gasteiger partial charge in [0.1, 0.15) is 104 Å². The Morgan fingerprint density at radius 1 is 0.407 bits per heavy atom.